The van der Waals surface area contributed by atoms with Crippen LogP contribution in [0.1, 0.15) is 22.6 Å². The Hall–Kier alpha value is -2.50. The number of amides is 1. The molecule has 0 aromatic heterocycles. The van der Waals surface area contributed by atoms with Gasteiger partial charge in [-0.2, -0.15) is 13.2 Å². The van der Waals surface area contributed by atoms with E-state index in [1.54, 1.807) is 24.3 Å². The van der Waals surface area contributed by atoms with Crippen molar-refractivity contribution in [2.24, 2.45) is 0 Å². The van der Waals surface area contributed by atoms with E-state index in [1.807, 2.05) is 0 Å². The van der Waals surface area contributed by atoms with Gasteiger partial charge in [0.2, 0.25) is 5.91 Å². The van der Waals surface area contributed by atoms with Gasteiger partial charge < -0.3 is 10.1 Å². The van der Waals surface area contributed by atoms with E-state index in [9.17, 15) is 18.0 Å². The molecule has 0 saturated carbocycles. The van der Waals surface area contributed by atoms with Crippen LogP contribution in [0.25, 0.3) is 0 Å². The van der Waals surface area contributed by atoms with Gasteiger partial charge in [0.05, 0.1) is 24.3 Å². The molecule has 1 aliphatic heterocycles. The fraction of sp³-hybridized carbons (Fsp3) is 0.188. The van der Waals surface area contributed by atoms with Crippen molar-refractivity contribution in [3.63, 3.8) is 0 Å². The van der Waals surface area contributed by atoms with E-state index in [0.29, 0.717) is 16.9 Å². The van der Waals surface area contributed by atoms with Crippen LogP contribution in [0.3, 0.4) is 0 Å². The Morgan fingerprint density at radius 1 is 1.09 bits per heavy atom. The van der Waals surface area contributed by atoms with Crippen LogP contribution in [0.2, 0.25) is 0 Å². The minimum atomic E-state index is -4.51. The number of hydrogen-bond acceptors (Lipinski definition) is 2. The molecule has 0 bridgehead atoms. The molecule has 0 fully saturated rings. The average molecular weight is 307 g/mol. The summed E-state index contributed by atoms with van der Waals surface area (Å²) in [7, 11) is 1.52. The Morgan fingerprint density at radius 2 is 1.77 bits per heavy atom. The second kappa shape index (κ2) is 5.05. The zero-order valence-corrected chi connectivity index (χ0v) is 11.6. The summed E-state index contributed by atoms with van der Waals surface area (Å²) in [6.45, 7) is 0. The van der Waals surface area contributed by atoms with Crippen LogP contribution in [0.5, 0.6) is 5.75 Å². The molecule has 3 nitrogen and oxygen atoms in total. The zero-order chi connectivity index (χ0) is 15.9. The van der Waals surface area contributed by atoms with Crippen molar-refractivity contribution in [2.45, 2.75) is 12.1 Å². The molecule has 0 spiro atoms. The molecule has 2 aromatic carbocycles. The van der Waals surface area contributed by atoms with Crippen LogP contribution in [0.15, 0.2) is 42.5 Å². The first-order valence-corrected chi connectivity index (χ1v) is 6.56. The molecule has 22 heavy (non-hydrogen) atoms. The third-order valence-electron chi connectivity index (χ3n) is 3.67. The van der Waals surface area contributed by atoms with Gasteiger partial charge in [0.1, 0.15) is 5.75 Å². The summed E-state index contributed by atoms with van der Waals surface area (Å²) < 4.78 is 44.1. The van der Waals surface area contributed by atoms with Crippen LogP contribution in [-0.2, 0) is 11.0 Å². The van der Waals surface area contributed by atoms with Crippen molar-refractivity contribution < 1.29 is 22.7 Å². The summed E-state index contributed by atoms with van der Waals surface area (Å²) in [5.74, 6) is -0.591. The number of carbonyl (C=O) groups is 1. The fourth-order valence-corrected chi connectivity index (χ4v) is 2.65. The number of para-hydroxylation sites is 1. The van der Waals surface area contributed by atoms with E-state index in [1.165, 1.54) is 19.2 Å². The van der Waals surface area contributed by atoms with Crippen molar-refractivity contribution >= 4 is 11.6 Å². The van der Waals surface area contributed by atoms with Gasteiger partial charge in [0.25, 0.3) is 0 Å². The molecular weight excluding hydrogens is 295 g/mol. The monoisotopic (exact) mass is 307 g/mol. The third kappa shape index (κ3) is 2.30. The van der Waals surface area contributed by atoms with Crippen LogP contribution in [0, 0.1) is 0 Å². The molecule has 3 rings (SSSR count). The number of benzene rings is 2. The van der Waals surface area contributed by atoms with Gasteiger partial charge in [-0.15, -0.1) is 0 Å². The van der Waals surface area contributed by atoms with Crippen LogP contribution >= 0.6 is 0 Å². The molecule has 0 aliphatic carbocycles. The molecule has 114 valence electrons. The highest BCUT2D eigenvalue weighted by atomic mass is 19.4. The maximum atomic E-state index is 13.0. The predicted molar refractivity (Wildman–Crippen MR) is 74.9 cm³/mol. The van der Waals surface area contributed by atoms with Crippen LogP contribution in [-0.4, -0.2) is 13.0 Å². The summed E-state index contributed by atoms with van der Waals surface area (Å²) in [6, 6.07) is 10.5. The first kappa shape index (κ1) is 14.4. The van der Waals surface area contributed by atoms with Crippen molar-refractivity contribution in [1.29, 1.82) is 0 Å². The average Bonchev–Trinajstić information content (AvgIpc) is 2.82. The topological polar surface area (TPSA) is 38.3 Å². The van der Waals surface area contributed by atoms with Gasteiger partial charge in [-0.1, -0.05) is 24.3 Å². The van der Waals surface area contributed by atoms with Gasteiger partial charge in [-0.25, -0.2) is 0 Å². The molecule has 1 amide bonds. The largest absolute Gasteiger partial charge is 0.497 e. The number of halogens is 3. The molecule has 0 saturated heterocycles. The van der Waals surface area contributed by atoms with Crippen LogP contribution in [0.4, 0.5) is 18.9 Å². The van der Waals surface area contributed by atoms with Gasteiger partial charge in [-0.05, 0) is 29.3 Å². The highest BCUT2D eigenvalue weighted by molar-refractivity contribution is 6.05. The van der Waals surface area contributed by atoms with E-state index in [-0.39, 0.29) is 5.69 Å². The Morgan fingerprint density at radius 3 is 2.36 bits per heavy atom. The molecule has 1 aliphatic rings. The first-order valence-electron chi connectivity index (χ1n) is 6.56. The number of hydrogen-bond donors (Lipinski definition) is 1. The first-order chi connectivity index (χ1) is 10.4. The van der Waals surface area contributed by atoms with E-state index >= 15 is 0 Å². The highest BCUT2D eigenvalue weighted by Gasteiger charge is 2.40. The molecule has 2 aromatic rings. The number of alkyl halides is 3. The van der Waals surface area contributed by atoms with Gasteiger partial charge in [-0.3, -0.25) is 4.79 Å². The van der Waals surface area contributed by atoms with Crippen molar-refractivity contribution in [3.05, 3.63) is 59.2 Å². The molecule has 1 atom stereocenters. The molecule has 6 heteroatoms. The second-order valence-corrected chi connectivity index (χ2v) is 4.96. The third-order valence-corrected chi connectivity index (χ3v) is 3.67. The number of rotatable bonds is 2. The Balaban J connectivity index is 2.08. The van der Waals surface area contributed by atoms with Crippen molar-refractivity contribution in [2.75, 3.05) is 12.4 Å². The fourth-order valence-electron chi connectivity index (χ4n) is 2.65. The molecule has 1 N–H and O–H groups in total. The van der Waals surface area contributed by atoms with Crippen molar-refractivity contribution in [1.82, 2.24) is 0 Å². The van der Waals surface area contributed by atoms with Gasteiger partial charge >= 0.3 is 6.18 Å². The number of fused-ring (bicyclic) bond motifs is 1. The number of carbonyl (C=O) groups excluding carboxylic acids is 1. The number of ether oxygens (including phenoxy) is 1. The van der Waals surface area contributed by atoms with Crippen molar-refractivity contribution in [3.8, 4) is 5.75 Å². The molecule has 0 radical (unpaired) electrons. The molecular formula is C16H12F3NO2. The summed E-state index contributed by atoms with van der Waals surface area (Å²) >= 11 is 0. The quantitative estimate of drug-likeness (QED) is 0.916. The lowest BCUT2D eigenvalue weighted by molar-refractivity contribution is -0.136. The maximum Gasteiger partial charge on any atom is 0.418 e. The van der Waals surface area contributed by atoms with E-state index in [2.05, 4.69) is 5.32 Å². The summed E-state index contributed by atoms with van der Waals surface area (Å²) in [6.07, 6.45) is -4.51. The summed E-state index contributed by atoms with van der Waals surface area (Å²) in [5, 5.41) is 2.36. The smallest absolute Gasteiger partial charge is 0.418 e. The number of methoxy groups -OCH3 is 1. The van der Waals surface area contributed by atoms with Gasteiger partial charge in [0, 0.05) is 0 Å². The second-order valence-electron chi connectivity index (χ2n) is 4.96. The van der Waals surface area contributed by atoms with E-state index in [0.717, 1.165) is 6.07 Å². The Labute approximate surface area is 124 Å². The predicted octanol–water partition coefficient (Wildman–Crippen LogP) is 3.80. The standard InChI is InChI=1S/C16H12F3NO2/c1-22-10-7-5-9(6-8-10)13-11-3-2-4-12(16(17,18)19)14(11)20-15(13)21/h2-8,13H,1H3,(H,20,21). The number of nitrogens with one attached hydrogen (secondary N) is 1. The normalized spacial score (nSPS) is 17.1. The molecule has 1 heterocycles. The minimum Gasteiger partial charge on any atom is -0.497 e. The summed E-state index contributed by atoms with van der Waals surface area (Å²) in [5.41, 5.74) is -0.0171. The SMILES string of the molecule is COc1ccc(C2C(=O)Nc3c2cccc3C(F)(F)F)cc1. The lowest BCUT2D eigenvalue weighted by Gasteiger charge is -2.12. The van der Waals surface area contributed by atoms with Gasteiger partial charge in [0.15, 0.2) is 0 Å². The lowest BCUT2D eigenvalue weighted by atomic mass is 9.91. The van der Waals surface area contributed by atoms with E-state index < -0.39 is 23.6 Å². The van der Waals surface area contributed by atoms with E-state index in [4.69, 9.17) is 4.74 Å². The Kier molecular flexibility index (Phi) is 3.31. The van der Waals surface area contributed by atoms with Crippen LogP contribution < -0.4 is 10.1 Å². The lowest BCUT2D eigenvalue weighted by Crippen LogP contribution is -2.14. The highest BCUT2D eigenvalue weighted by Crippen LogP contribution is 2.44. The molecule has 1 unspecified atom stereocenters. The summed E-state index contributed by atoms with van der Waals surface area (Å²) in [4.78, 5) is 12.2. The zero-order valence-electron chi connectivity index (χ0n) is 11.6. The maximum absolute atomic E-state index is 13.0. The minimum absolute atomic E-state index is 0.152. The Bertz CT molecular complexity index is 723. The number of anilines is 1.